The molecule has 0 bridgehead atoms. The fourth-order valence-electron chi connectivity index (χ4n) is 2.54. The molecule has 0 spiro atoms. The standard InChI is InChI=1S/C16H21ClN4/c1-11(8-9-20(3)4)21-14-7-5-6-13(10-18)15(14)19-16(21)12(2)17/h5-7,11-12H,8-9H2,1-4H3. The largest absolute Gasteiger partial charge is 0.324 e. The van der Waals surface area contributed by atoms with Crippen LogP contribution in [0.25, 0.3) is 11.0 Å². The molecular formula is C16H21ClN4. The minimum absolute atomic E-state index is 0.189. The van der Waals surface area contributed by atoms with Crippen LogP contribution in [0.3, 0.4) is 0 Å². The van der Waals surface area contributed by atoms with Gasteiger partial charge in [-0.2, -0.15) is 5.26 Å². The molecule has 2 rings (SSSR count). The number of nitriles is 1. The lowest BCUT2D eigenvalue weighted by atomic mass is 10.1. The Morgan fingerprint density at radius 2 is 2.10 bits per heavy atom. The van der Waals surface area contributed by atoms with E-state index in [-0.39, 0.29) is 11.4 Å². The summed E-state index contributed by atoms with van der Waals surface area (Å²) < 4.78 is 2.18. The molecule has 0 radical (unpaired) electrons. The predicted molar refractivity (Wildman–Crippen MR) is 86.6 cm³/mol. The quantitative estimate of drug-likeness (QED) is 0.791. The summed E-state index contributed by atoms with van der Waals surface area (Å²) in [6, 6.07) is 8.21. The van der Waals surface area contributed by atoms with Gasteiger partial charge >= 0.3 is 0 Å². The summed E-state index contributed by atoms with van der Waals surface area (Å²) in [5, 5.41) is 9.06. The maximum atomic E-state index is 9.25. The molecule has 0 saturated heterocycles. The van der Waals surface area contributed by atoms with E-state index in [1.165, 1.54) is 0 Å². The number of imidazole rings is 1. The number of fused-ring (bicyclic) bond motifs is 1. The average Bonchev–Trinajstić information content (AvgIpc) is 2.84. The van der Waals surface area contributed by atoms with Crippen molar-refractivity contribution in [3.05, 3.63) is 29.6 Å². The zero-order chi connectivity index (χ0) is 15.6. The van der Waals surface area contributed by atoms with Crippen LogP contribution in [0.4, 0.5) is 0 Å². The monoisotopic (exact) mass is 304 g/mol. The van der Waals surface area contributed by atoms with Crippen LogP contribution in [-0.4, -0.2) is 35.1 Å². The number of alkyl halides is 1. The van der Waals surface area contributed by atoms with Gasteiger partial charge in [-0.15, -0.1) is 11.6 Å². The van der Waals surface area contributed by atoms with Gasteiger partial charge in [0.15, 0.2) is 0 Å². The van der Waals surface area contributed by atoms with Gasteiger partial charge in [-0.05, 0) is 53.0 Å². The molecule has 0 N–H and O–H groups in total. The molecule has 2 atom stereocenters. The van der Waals surface area contributed by atoms with E-state index in [4.69, 9.17) is 11.6 Å². The van der Waals surface area contributed by atoms with Crippen LogP contribution in [0.15, 0.2) is 18.2 Å². The maximum absolute atomic E-state index is 9.25. The molecular weight excluding hydrogens is 284 g/mol. The third-order valence-corrected chi connectivity index (χ3v) is 3.85. The van der Waals surface area contributed by atoms with Crippen LogP contribution >= 0.6 is 11.6 Å². The van der Waals surface area contributed by atoms with E-state index >= 15 is 0 Å². The van der Waals surface area contributed by atoms with Crippen molar-refractivity contribution in [1.82, 2.24) is 14.5 Å². The fourth-order valence-corrected chi connectivity index (χ4v) is 2.70. The topological polar surface area (TPSA) is 44.9 Å². The molecule has 0 fully saturated rings. The molecule has 1 aromatic carbocycles. The van der Waals surface area contributed by atoms with E-state index in [9.17, 15) is 5.26 Å². The number of hydrogen-bond acceptors (Lipinski definition) is 3. The fraction of sp³-hybridized carbons (Fsp3) is 0.500. The number of aromatic nitrogens is 2. The van der Waals surface area contributed by atoms with Crippen LogP contribution in [0.5, 0.6) is 0 Å². The minimum Gasteiger partial charge on any atom is -0.324 e. The lowest BCUT2D eigenvalue weighted by molar-refractivity contribution is 0.357. The van der Waals surface area contributed by atoms with E-state index in [0.717, 1.165) is 29.8 Å². The Hall–Kier alpha value is -1.57. The zero-order valence-corrected chi connectivity index (χ0v) is 13.7. The molecule has 0 aliphatic carbocycles. The van der Waals surface area contributed by atoms with Gasteiger partial charge in [-0.1, -0.05) is 6.07 Å². The Bertz CT molecular complexity index is 667. The second-order valence-corrected chi connectivity index (χ2v) is 6.34. The van der Waals surface area contributed by atoms with Crippen LogP contribution in [0.2, 0.25) is 0 Å². The summed E-state index contributed by atoms with van der Waals surface area (Å²) >= 11 is 6.31. The Morgan fingerprint density at radius 1 is 1.38 bits per heavy atom. The van der Waals surface area contributed by atoms with Crippen molar-refractivity contribution in [2.45, 2.75) is 31.7 Å². The van der Waals surface area contributed by atoms with Gasteiger partial charge in [-0.25, -0.2) is 4.98 Å². The predicted octanol–water partition coefficient (Wildman–Crippen LogP) is 3.72. The molecule has 0 aliphatic rings. The van der Waals surface area contributed by atoms with Crippen molar-refractivity contribution in [2.24, 2.45) is 0 Å². The van der Waals surface area contributed by atoms with Gasteiger partial charge in [-0.3, -0.25) is 0 Å². The molecule has 4 nitrogen and oxygen atoms in total. The number of rotatable bonds is 5. The molecule has 2 unspecified atom stereocenters. The lowest BCUT2D eigenvalue weighted by Crippen LogP contribution is -2.18. The van der Waals surface area contributed by atoms with Crippen LogP contribution in [-0.2, 0) is 0 Å². The highest BCUT2D eigenvalue weighted by Crippen LogP contribution is 2.30. The van der Waals surface area contributed by atoms with Crippen molar-refractivity contribution < 1.29 is 0 Å². The summed E-state index contributed by atoms with van der Waals surface area (Å²) in [5.74, 6) is 0.834. The highest BCUT2D eigenvalue weighted by Gasteiger charge is 2.20. The number of para-hydroxylation sites is 1. The highest BCUT2D eigenvalue weighted by molar-refractivity contribution is 6.20. The number of nitrogens with zero attached hydrogens (tertiary/aromatic N) is 4. The maximum Gasteiger partial charge on any atom is 0.128 e. The van der Waals surface area contributed by atoms with E-state index in [2.05, 4.69) is 41.5 Å². The second kappa shape index (κ2) is 6.46. The third-order valence-electron chi connectivity index (χ3n) is 3.66. The third kappa shape index (κ3) is 3.20. The van der Waals surface area contributed by atoms with E-state index in [1.54, 1.807) is 6.07 Å². The van der Waals surface area contributed by atoms with E-state index in [1.807, 2.05) is 19.1 Å². The van der Waals surface area contributed by atoms with Crippen LogP contribution in [0.1, 0.15) is 43.1 Å². The summed E-state index contributed by atoms with van der Waals surface area (Å²) in [6.45, 7) is 5.09. The summed E-state index contributed by atoms with van der Waals surface area (Å²) in [7, 11) is 4.13. The molecule has 1 aromatic heterocycles. The lowest BCUT2D eigenvalue weighted by Gasteiger charge is -2.20. The van der Waals surface area contributed by atoms with Crippen molar-refractivity contribution in [3.8, 4) is 6.07 Å². The van der Waals surface area contributed by atoms with Crippen molar-refractivity contribution in [3.63, 3.8) is 0 Å². The van der Waals surface area contributed by atoms with E-state index < -0.39 is 0 Å². The highest BCUT2D eigenvalue weighted by atomic mass is 35.5. The van der Waals surface area contributed by atoms with Crippen molar-refractivity contribution in [2.75, 3.05) is 20.6 Å². The first-order valence-corrected chi connectivity index (χ1v) is 7.59. The van der Waals surface area contributed by atoms with Crippen LogP contribution in [0, 0.1) is 11.3 Å². The summed E-state index contributed by atoms with van der Waals surface area (Å²) in [6.07, 6.45) is 1.01. The zero-order valence-electron chi connectivity index (χ0n) is 13.0. The van der Waals surface area contributed by atoms with Crippen molar-refractivity contribution in [1.29, 1.82) is 5.26 Å². The van der Waals surface area contributed by atoms with Crippen LogP contribution < -0.4 is 0 Å². The smallest absolute Gasteiger partial charge is 0.128 e. The Morgan fingerprint density at radius 3 is 2.67 bits per heavy atom. The van der Waals surface area contributed by atoms with Gasteiger partial charge in [0.2, 0.25) is 0 Å². The normalized spacial score (nSPS) is 14.3. The Labute approximate surface area is 130 Å². The van der Waals surface area contributed by atoms with Gasteiger partial charge in [0, 0.05) is 6.04 Å². The minimum atomic E-state index is -0.189. The summed E-state index contributed by atoms with van der Waals surface area (Å²) in [4.78, 5) is 6.79. The molecule has 21 heavy (non-hydrogen) atoms. The number of hydrogen-bond donors (Lipinski definition) is 0. The first-order chi connectivity index (χ1) is 9.95. The molecule has 5 heteroatoms. The van der Waals surface area contributed by atoms with Gasteiger partial charge < -0.3 is 9.47 Å². The average molecular weight is 305 g/mol. The first-order valence-electron chi connectivity index (χ1n) is 7.15. The SMILES string of the molecule is CC(Cl)c1nc2c(C#N)cccc2n1C(C)CCN(C)C. The Kier molecular flexibility index (Phi) is 4.87. The van der Waals surface area contributed by atoms with Gasteiger partial charge in [0.25, 0.3) is 0 Å². The summed E-state index contributed by atoms with van der Waals surface area (Å²) in [5.41, 5.74) is 2.34. The molecule has 0 aliphatic heterocycles. The van der Waals surface area contributed by atoms with Gasteiger partial charge in [0.1, 0.15) is 17.4 Å². The molecule has 112 valence electrons. The van der Waals surface area contributed by atoms with E-state index in [0.29, 0.717) is 5.56 Å². The van der Waals surface area contributed by atoms with Crippen molar-refractivity contribution >= 4 is 22.6 Å². The molecule has 1 heterocycles. The molecule has 0 saturated carbocycles. The Balaban J connectivity index is 2.54. The number of halogens is 1. The number of benzene rings is 1. The first kappa shape index (κ1) is 15.8. The molecule has 2 aromatic rings. The van der Waals surface area contributed by atoms with Gasteiger partial charge in [0.05, 0.1) is 16.5 Å². The molecule has 0 amide bonds. The second-order valence-electron chi connectivity index (χ2n) is 5.68.